The van der Waals surface area contributed by atoms with Crippen molar-refractivity contribution in [3.63, 3.8) is 0 Å². The summed E-state index contributed by atoms with van der Waals surface area (Å²) >= 11 is 1.74. The lowest BCUT2D eigenvalue weighted by molar-refractivity contribution is 0.513. The molecule has 0 fully saturated rings. The summed E-state index contributed by atoms with van der Waals surface area (Å²) in [6.07, 6.45) is 3.52. The Balaban J connectivity index is 1.75. The molecule has 0 atom stereocenters. The summed E-state index contributed by atoms with van der Waals surface area (Å²) in [6, 6.07) is 6.14. The van der Waals surface area contributed by atoms with E-state index >= 15 is 0 Å². The van der Waals surface area contributed by atoms with Crippen LogP contribution in [0.15, 0.2) is 23.1 Å². The van der Waals surface area contributed by atoms with Crippen molar-refractivity contribution in [1.82, 2.24) is 14.8 Å². The second-order valence-electron chi connectivity index (χ2n) is 4.97. The highest BCUT2D eigenvalue weighted by molar-refractivity contribution is 7.98. The van der Waals surface area contributed by atoms with E-state index in [0.717, 1.165) is 41.0 Å². The molecule has 1 aromatic carbocycles. The van der Waals surface area contributed by atoms with Gasteiger partial charge in [-0.05, 0) is 37.5 Å². The van der Waals surface area contributed by atoms with Crippen LogP contribution in [-0.4, -0.2) is 14.8 Å². The van der Waals surface area contributed by atoms with Gasteiger partial charge in [-0.2, -0.15) is 0 Å². The summed E-state index contributed by atoms with van der Waals surface area (Å²) in [5, 5.41) is 8.59. The number of nitrogens with zero attached hydrogens (tertiary/aromatic N) is 3. The van der Waals surface area contributed by atoms with E-state index in [2.05, 4.69) is 27.8 Å². The van der Waals surface area contributed by atoms with Gasteiger partial charge in [0.05, 0.1) is 5.75 Å². The van der Waals surface area contributed by atoms with Crippen LogP contribution in [0.4, 0.5) is 5.69 Å². The summed E-state index contributed by atoms with van der Waals surface area (Å²) < 4.78 is 2.27. The molecule has 100 valence electrons. The summed E-state index contributed by atoms with van der Waals surface area (Å²) in [4.78, 5) is 1.13. The standard InChI is InChI=1S/C14H18N4S/c1-10-5-6-11(15)12(8-10)19-9-14-17-16-13-4-2-3-7-18(13)14/h5-6,8H,2-4,7,9,15H2,1H3. The summed E-state index contributed by atoms with van der Waals surface area (Å²) in [7, 11) is 0. The Kier molecular flexibility index (Phi) is 3.46. The zero-order valence-corrected chi connectivity index (χ0v) is 11.9. The Hall–Kier alpha value is -1.49. The highest BCUT2D eigenvalue weighted by Gasteiger charge is 2.15. The van der Waals surface area contributed by atoms with Crippen LogP contribution in [0.3, 0.4) is 0 Å². The van der Waals surface area contributed by atoms with E-state index in [1.165, 1.54) is 18.4 Å². The maximum absolute atomic E-state index is 6.00. The molecular weight excluding hydrogens is 256 g/mol. The molecule has 5 heteroatoms. The topological polar surface area (TPSA) is 56.7 Å². The number of aromatic nitrogens is 3. The molecule has 0 bridgehead atoms. The summed E-state index contributed by atoms with van der Waals surface area (Å²) in [5.74, 6) is 3.04. The highest BCUT2D eigenvalue weighted by atomic mass is 32.2. The number of anilines is 1. The first-order valence-electron chi connectivity index (χ1n) is 6.64. The van der Waals surface area contributed by atoms with Crippen LogP contribution in [-0.2, 0) is 18.7 Å². The molecule has 3 rings (SSSR count). The number of fused-ring (bicyclic) bond motifs is 1. The van der Waals surface area contributed by atoms with Crippen molar-refractivity contribution in [2.75, 3.05) is 5.73 Å². The predicted molar refractivity (Wildman–Crippen MR) is 78.1 cm³/mol. The maximum Gasteiger partial charge on any atom is 0.143 e. The Morgan fingerprint density at radius 2 is 2.21 bits per heavy atom. The molecule has 1 aliphatic heterocycles. The average molecular weight is 274 g/mol. The van der Waals surface area contributed by atoms with Gasteiger partial charge in [-0.1, -0.05) is 6.07 Å². The zero-order chi connectivity index (χ0) is 13.2. The zero-order valence-electron chi connectivity index (χ0n) is 11.1. The molecule has 4 nitrogen and oxygen atoms in total. The number of rotatable bonds is 3. The molecule has 0 saturated carbocycles. The Labute approximate surface area is 117 Å². The minimum Gasteiger partial charge on any atom is -0.398 e. The van der Waals surface area contributed by atoms with Gasteiger partial charge in [-0.3, -0.25) is 0 Å². The van der Waals surface area contributed by atoms with Crippen LogP contribution in [0.1, 0.15) is 30.1 Å². The number of thioether (sulfide) groups is 1. The fourth-order valence-corrected chi connectivity index (χ4v) is 3.39. The maximum atomic E-state index is 6.00. The van der Waals surface area contributed by atoms with E-state index < -0.39 is 0 Å². The smallest absolute Gasteiger partial charge is 0.143 e. The van der Waals surface area contributed by atoms with Crippen LogP contribution in [0.25, 0.3) is 0 Å². The first kappa shape index (κ1) is 12.5. The molecule has 2 aromatic rings. The van der Waals surface area contributed by atoms with Crippen molar-refractivity contribution in [3.8, 4) is 0 Å². The number of hydrogen-bond donors (Lipinski definition) is 1. The SMILES string of the molecule is Cc1ccc(N)c(SCc2nnc3n2CCCC3)c1. The highest BCUT2D eigenvalue weighted by Crippen LogP contribution is 2.29. The van der Waals surface area contributed by atoms with E-state index in [1.54, 1.807) is 11.8 Å². The van der Waals surface area contributed by atoms with Crippen molar-refractivity contribution in [1.29, 1.82) is 0 Å². The fraction of sp³-hybridized carbons (Fsp3) is 0.429. The molecule has 0 saturated heterocycles. The van der Waals surface area contributed by atoms with Crippen LogP contribution < -0.4 is 5.73 Å². The van der Waals surface area contributed by atoms with E-state index in [9.17, 15) is 0 Å². The summed E-state index contributed by atoms with van der Waals surface area (Å²) in [6.45, 7) is 3.14. The van der Waals surface area contributed by atoms with Gasteiger partial charge in [0, 0.05) is 23.5 Å². The fourth-order valence-electron chi connectivity index (χ4n) is 2.38. The molecule has 0 amide bonds. The number of hydrogen-bond acceptors (Lipinski definition) is 4. The molecule has 2 N–H and O–H groups in total. The van der Waals surface area contributed by atoms with Gasteiger partial charge < -0.3 is 10.3 Å². The van der Waals surface area contributed by atoms with Crippen LogP contribution in [0.2, 0.25) is 0 Å². The normalized spacial score (nSPS) is 14.4. The molecule has 0 unspecified atom stereocenters. The molecule has 0 radical (unpaired) electrons. The molecule has 0 spiro atoms. The first-order valence-corrected chi connectivity index (χ1v) is 7.62. The van der Waals surface area contributed by atoms with E-state index in [1.807, 2.05) is 12.1 Å². The number of nitrogens with two attached hydrogens (primary N) is 1. The van der Waals surface area contributed by atoms with Crippen molar-refractivity contribution in [2.45, 2.75) is 43.4 Å². The Morgan fingerprint density at radius 3 is 3.11 bits per heavy atom. The van der Waals surface area contributed by atoms with Crippen LogP contribution in [0.5, 0.6) is 0 Å². The summed E-state index contributed by atoms with van der Waals surface area (Å²) in [5.41, 5.74) is 8.08. The molecule has 2 heterocycles. The third-order valence-corrected chi connectivity index (χ3v) is 4.53. The second-order valence-corrected chi connectivity index (χ2v) is 5.99. The Morgan fingerprint density at radius 1 is 1.32 bits per heavy atom. The largest absolute Gasteiger partial charge is 0.398 e. The lowest BCUT2D eigenvalue weighted by Gasteiger charge is -2.14. The van der Waals surface area contributed by atoms with E-state index in [0.29, 0.717) is 0 Å². The van der Waals surface area contributed by atoms with Crippen molar-refractivity contribution >= 4 is 17.4 Å². The molecular formula is C14H18N4S. The lowest BCUT2D eigenvalue weighted by Crippen LogP contribution is -2.12. The van der Waals surface area contributed by atoms with Gasteiger partial charge in [-0.15, -0.1) is 22.0 Å². The van der Waals surface area contributed by atoms with Gasteiger partial charge in [0.25, 0.3) is 0 Å². The molecule has 1 aliphatic rings. The molecule has 19 heavy (non-hydrogen) atoms. The van der Waals surface area contributed by atoms with Gasteiger partial charge in [0.2, 0.25) is 0 Å². The van der Waals surface area contributed by atoms with Crippen LogP contribution >= 0.6 is 11.8 Å². The van der Waals surface area contributed by atoms with Gasteiger partial charge >= 0.3 is 0 Å². The molecule has 0 aliphatic carbocycles. The number of benzene rings is 1. The number of nitrogen functional groups attached to an aromatic ring is 1. The van der Waals surface area contributed by atoms with Gasteiger partial charge in [0.1, 0.15) is 11.6 Å². The Bertz CT molecular complexity index is 591. The van der Waals surface area contributed by atoms with E-state index in [4.69, 9.17) is 5.73 Å². The second kappa shape index (κ2) is 5.25. The predicted octanol–water partition coefficient (Wildman–Crippen LogP) is 2.80. The minimum absolute atomic E-state index is 0.834. The van der Waals surface area contributed by atoms with Gasteiger partial charge in [0.15, 0.2) is 0 Å². The first-order chi connectivity index (χ1) is 9.24. The van der Waals surface area contributed by atoms with E-state index in [-0.39, 0.29) is 0 Å². The third kappa shape index (κ3) is 2.61. The monoisotopic (exact) mass is 274 g/mol. The van der Waals surface area contributed by atoms with Crippen molar-refractivity contribution in [2.24, 2.45) is 0 Å². The number of aryl methyl sites for hydroxylation is 2. The van der Waals surface area contributed by atoms with Gasteiger partial charge in [-0.25, -0.2) is 0 Å². The quantitative estimate of drug-likeness (QED) is 0.690. The minimum atomic E-state index is 0.834. The third-order valence-electron chi connectivity index (χ3n) is 3.46. The van der Waals surface area contributed by atoms with Crippen molar-refractivity contribution in [3.05, 3.63) is 35.4 Å². The van der Waals surface area contributed by atoms with Crippen molar-refractivity contribution < 1.29 is 0 Å². The lowest BCUT2D eigenvalue weighted by atomic mass is 10.2. The van der Waals surface area contributed by atoms with Crippen LogP contribution in [0, 0.1) is 6.92 Å². The molecule has 1 aromatic heterocycles. The average Bonchev–Trinajstić information content (AvgIpc) is 2.83.